The molecular formula is C16H18ClN3O2. The highest BCUT2D eigenvalue weighted by atomic mass is 35.5. The molecule has 22 heavy (non-hydrogen) atoms. The molecule has 0 saturated heterocycles. The summed E-state index contributed by atoms with van der Waals surface area (Å²) in [6.07, 6.45) is 6.37. The van der Waals surface area contributed by atoms with Gasteiger partial charge in [0.05, 0.1) is 12.7 Å². The van der Waals surface area contributed by atoms with Crippen LogP contribution in [0, 0.1) is 0 Å². The summed E-state index contributed by atoms with van der Waals surface area (Å²) in [5.41, 5.74) is 0.309. The monoisotopic (exact) mass is 319 g/mol. The van der Waals surface area contributed by atoms with E-state index in [1.165, 1.54) is 6.08 Å². The van der Waals surface area contributed by atoms with E-state index in [9.17, 15) is 9.90 Å². The minimum atomic E-state index is -1.17. The first-order valence-corrected chi connectivity index (χ1v) is 7.17. The fourth-order valence-corrected chi connectivity index (χ4v) is 2.10. The van der Waals surface area contributed by atoms with Crippen LogP contribution in [-0.2, 0) is 17.4 Å². The fraction of sp³-hybridized carbons (Fsp3) is 0.250. The van der Waals surface area contributed by atoms with Crippen LogP contribution in [0.25, 0.3) is 6.08 Å². The number of aliphatic hydroxyl groups is 1. The Morgan fingerprint density at radius 2 is 2.32 bits per heavy atom. The first-order valence-electron chi connectivity index (χ1n) is 6.80. The van der Waals surface area contributed by atoms with Crippen molar-refractivity contribution in [3.05, 3.63) is 58.9 Å². The molecule has 5 nitrogen and oxygen atoms in total. The molecule has 0 saturated carbocycles. The van der Waals surface area contributed by atoms with E-state index in [4.69, 9.17) is 11.6 Å². The molecule has 0 fully saturated rings. The van der Waals surface area contributed by atoms with E-state index in [2.05, 4.69) is 10.4 Å². The number of carbonyl (C=O) groups excluding carboxylic acids is 1. The van der Waals surface area contributed by atoms with E-state index in [0.717, 1.165) is 5.56 Å². The highest BCUT2D eigenvalue weighted by Crippen LogP contribution is 2.18. The Kier molecular flexibility index (Phi) is 5.00. The van der Waals surface area contributed by atoms with E-state index in [1.54, 1.807) is 49.3 Å². The SMILES string of the molecule is Cn1cc(C(C)(O)CNC(=O)C=Cc2cccc(Cl)c2)cn1. The van der Waals surface area contributed by atoms with Crippen molar-refractivity contribution in [2.45, 2.75) is 12.5 Å². The Balaban J connectivity index is 1.92. The van der Waals surface area contributed by atoms with Crippen molar-refractivity contribution >= 4 is 23.6 Å². The zero-order chi connectivity index (χ0) is 16.2. The fourth-order valence-electron chi connectivity index (χ4n) is 1.90. The number of halogens is 1. The predicted molar refractivity (Wildman–Crippen MR) is 86.3 cm³/mol. The molecule has 0 aliphatic heterocycles. The van der Waals surface area contributed by atoms with E-state index < -0.39 is 5.60 Å². The lowest BCUT2D eigenvalue weighted by Crippen LogP contribution is -2.37. The average molecular weight is 320 g/mol. The van der Waals surface area contributed by atoms with Crippen LogP contribution >= 0.6 is 11.6 Å². The number of hydrogen-bond acceptors (Lipinski definition) is 3. The highest BCUT2D eigenvalue weighted by Gasteiger charge is 2.24. The molecule has 1 aromatic heterocycles. The second-order valence-electron chi connectivity index (χ2n) is 5.28. The summed E-state index contributed by atoms with van der Waals surface area (Å²) in [4.78, 5) is 11.8. The van der Waals surface area contributed by atoms with E-state index in [-0.39, 0.29) is 12.5 Å². The van der Waals surface area contributed by atoms with Crippen LogP contribution in [0.2, 0.25) is 5.02 Å². The maximum Gasteiger partial charge on any atom is 0.244 e. The lowest BCUT2D eigenvalue weighted by Gasteiger charge is -2.21. The minimum Gasteiger partial charge on any atom is -0.383 e. The number of amides is 1. The zero-order valence-corrected chi connectivity index (χ0v) is 13.2. The first kappa shape index (κ1) is 16.3. The number of nitrogens with zero attached hydrogens (tertiary/aromatic N) is 2. The minimum absolute atomic E-state index is 0.0947. The van der Waals surface area contributed by atoms with Gasteiger partial charge in [-0.3, -0.25) is 9.48 Å². The Hall–Kier alpha value is -2.11. The van der Waals surface area contributed by atoms with Crippen molar-refractivity contribution < 1.29 is 9.90 Å². The highest BCUT2D eigenvalue weighted by molar-refractivity contribution is 6.30. The van der Waals surface area contributed by atoms with Gasteiger partial charge >= 0.3 is 0 Å². The molecule has 1 atom stereocenters. The van der Waals surface area contributed by atoms with Crippen LogP contribution in [0.1, 0.15) is 18.1 Å². The molecule has 6 heteroatoms. The van der Waals surface area contributed by atoms with E-state index >= 15 is 0 Å². The lowest BCUT2D eigenvalue weighted by molar-refractivity contribution is -0.117. The van der Waals surface area contributed by atoms with Gasteiger partial charge in [-0.15, -0.1) is 0 Å². The Bertz CT molecular complexity index is 692. The third-order valence-corrected chi connectivity index (χ3v) is 3.44. The maximum absolute atomic E-state index is 11.8. The summed E-state index contributed by atoms with van der Waals surface area (Å²) in [6.45, 7) is 1.72. The van der Waals surface area contributed by atoms with Crippen molar-refractivity contribution in [1.29, 1.82) is 0 Å². The van der Waals surface area contributed by atoms with Crippen LogP contribution in [0.4, 0.5) is 0 Å². The molecule has 0 aliphatic carbocycles. The van der Waals surface area contributed by atoms with Crippen molar-refractivity contribution in [2.24, 2.45) is 7.05 Å². The molecule has 0 spiro atoms. The molecule has 0 aliphatic rings. The number of carbonyl (C=O) groups is 1. The predicted octanol–water partition coefficient (Wildman–Crippen LogP) is 2.11. The summed E-state index contributed by atoms with van der Waals surface area (Å²) in [5, 5.41) is 17.7. The summed E-state index contributed by atoms with van der Waals surface area (Å²) in [7, 11) is 1.77. The smallest absolute Gasteiger partial charge is 0.244 e. The lowest BCUT2D eigenvalue weighted by atomic mass is 10.00. The third-order valence-electron chi connectivity index (χ3n) is 3.21. The Morgan fingerprint density at radius 3 is 2.95 bits per heavy atom. The van der Waals surface area contributed by atoms with Gasteiger partial charge in [0, 0.05) is 29.9 Å². The van der Waals surface area contributed by atoms with Crippen molar-refractivity contribution in [3.63, 3.8) is 0 Å². The van der Waals surface area contributed by atoms with Gasteiger partial charge < -0.3 is 10.4 Å². The Labute approximate surface area is 134 Å². The van der Waals surface area contributed by atoms with E-state index in [0.29, 0.717) is 10.6 Å². The average Bonchev–Trinajstić information content (AvgIpc) is 2.91. The largest absolute Gasteiger partial charge is 0.383 e. The zero-order valence-electron chi connectivity index (χ0n) is 12.5. The molecule has 0 bridgehead atoms. The molecule has 1 heterocycles. The van der Waals surface area contributed by atoms with Gasteiger partial charge in [-0.1, -0.05) is 23.7 Å². The van der Waals surface area contributed by atoms with Crippen LogP contribution in [0.3, 0.4) is 0 Å². The van der Waals surface area contributed by atoms with Gasteiger partial charge in [-0.2, -0.15) is 5.10 Å². The maximum atomic E-state index is 11.8. The number of aromatic nitrogens is 2. The molecule has 2 rings (SSSR count). The van der Waals surface area contributed by atoms with Gasteiger partial charge in [0.25, 0.3) is 0 Å². The summed E-state index contributed by atoms with van der Waals surface area (Å²) in [5.74, 6) is -0.288. The van der Waals surface area contributed by atoms with Gasteiger partial charge in [0.1, 0.15) is 5.60 Å². The second kappa shape index (κ2) is 6.77. The molecule has 116 valence electrons. The number of benzene rings is 1. The van der Waals surface area contributed by atoms with Gasteiger partial charge in [0.2, 0.25) is 5.91 Å². The first-order chi connectivity index (χ1) is 10.4. The molecule has 1 aromatic carbocycles. The van der Waals surface area contributed by atoms with Crippen LogP contribution in [-0.4, -0.2) is 27.3 Å². The summed E-state index contributed by atoms with van der Waals surface area (Å²) < 4.78 is 1.60. The number of aryl methyl sites for hydroxylation is 1. The summed E-state index contributed by atoms with van der Waals surface area (Å²) >= 11 is 5.88. The second-order valence-corrected chi connectivity index (χ2v) is 5.72. The molecule has 2 N–H and O–H groups in total. The number of hydrogen-bond donors (Lipinski definition) is 2. The van der Waals surface area contributed by atoms with Crippen LogP contribution < -0.4 is 5.32 Å². The normalized spacial score (nSPS) is 14.0. The van der Waals surface area contributed by atoms with Gasteiger partial charge in [-0.25, -0.2) is 0 Å². The molecule has 2 aromatic rings. The molecule has 1 unspecified atom stereocenters. The number of nitrogens with one attached hydrogen (secondary N) is 1. The van der Waals surface area contributed by atoms with Crippen LogP contribution in [0.5, 0.6) is 0 Å². The standard InChI is InChI=1S/C16H18ClN3O2/c1-16(22,13-9-19-20(2)10-13)11-18-15(21)7-6-12-4-3-5-14(17)8-12/h3-10,22H,11H2,1-2H3,(H,18,21). The van der Waals surface area contributed by atoms with Gasteiger partial charge in [0.15, 0.2) is 0 Å². The van der Waals surface area contributed by atoms with Crippen molar-refractivity contribution in [1.82, 2.24) is 15.1 Å². The van der Waals surface area contributed by atoms with Gasteiger partial charge in [-0.05, 0) is 30.7 Å². The van der Waals surface area contributed by atoms with Crippen molar-refractivity contribution in [3.8, 4) is 0 Å². The quantitative estimate of drug-likeness (QED) is 0.829. The molecule has 0 radical (unpaired) electrons. The third kappa shape index (κ3) is 4.44. The number of rotatable bonds is 5. The molecular weight excluding hydrogens is 302 g/mol. The topological polar surface area (TPSA) is 67.2 Å². The Morgan fingerprint density at radius 1 is 1.55 bits per heavy atom. The summed E-state index contributed by atoms with van der Waals surface area (Å²) in [6, 6.07) is 7.19. The molecule has 1 amide bonds. The van der Waals surface area contributed by atoms with Crippen LogP contribution in [0.15, 0.2) is 42.7 Å². The van der Waals surface area contributed by atoms with E-state index in [1.807, 2.05) is 12.1 Å². The van der Waals surface area contributed by atoms with Crippen molar-refractivity contribution in [2.75, 3.05) is 6.54 Å².